The Hall–Kier alpha value is -0.730. The van der Waals surface area contributed by atoms with Crippen molar-refractivity contribution in [3.8, 4) is 0 Å². The Labute approximate surface area is 89.9 Å². The van der Waals surface area contributed by atoms with Crippen molar-refractivity contribution in [3.63, 3.8) is 0 Å². The van der Waals surface area contributed by atoms with E-state index >= 15 is 0 Å². The van der Waals surface area contributed by atoms with Gasteiger partial charge in [-0.3, -0.25) is 5.01 Å². The van der Waals surface area contributed by atoms with Gasteiger partial charge in [-0.2, -0.15) is 0 Å². The molecule has 0 bridgehead atoms. The lowest BCUT2D eigenvalue weighted by atomic mass is 9.97. The van der Waals surface area contributed by atoms with Gasteiger partial charge >= 0.3 is 0 Å². The van der Waals surface area contributed by atoms with Crippen LogP contribution in [0.25, 0.3) is 0 Å². The third-order valence-electron chi connectivity index (χ3n) is 2.89. The van der Waals surface area contributed by atoms with Crippen molar-refractivity contribution < 1.29 is 0 Å². The number of nitrogens with one attached hydrogen (secondary N) is 1. The Morgan fingerprint density at radius 1 is 1.57 bits per heavy atom. The largest absolute Gasteiger partial charge is 0.282 e. The summed E-state index contributed by atoms with van der Waals surface area (Å²) in [6.07, 6.45) is 7.14. The van der Waals surface area contributed by atoms with Gasteiger partial charge in [-0.05, 0) is 30.1 Å². The Morgan fingerprint density at radius 3 is 3.07 bits per heavy atom. The predicted octanol–water partition coefficient (Wildman–Crippen LogP) is 2.76. The lowest BCUT2D eigenvalue weighted by molar-refractivity contribution is 0.394. The minimum Gasteiger partial charge on any atom is -0.282 e. The van der Waals surface area contributed by atoms with Crippen LogP contribution >= 0.6 is 11.6 Å². The minimum atomic E-state index is 0.637. The molecule has 0 aliphatic carbocycles. The van der Waals surface area contributed by atoms with Crippen LogP contribution in [0.5, 0.6) is 0 Å². The van der Waals surface area contributed by atoms with Crippen molar-refractivity contribution in [2.24, 2.45) is 5.92 Å². The summed E-state index contributed by atoms with van der Waals surface area (Å²) in [6.45, 7) is 5.42. The predicted molar refractivity (Wildman–Crippen MR) is 59.4 cm³/mol. The maximum atomic E-state index is 5.91. The van der Waals surface area contributed by atoms with Crippen molar-refractivity contribution in [3.05, 3.63) is 34.7 Å². The second-order valence-electron chi connectivity index (χ2n) is 3.77. The van der Waals surface area contributed by atoms with Crippen LogP contribution in [0.4, 0.5) is 0 Å². The van der Waals surface area contributed by atoms with Crippen molar-refractivity contribution >= 4 is 11.6 Å². The molecule has 2 aliphatic rings. The van der Waals surface area contributed by atoms with Crippen molar-refractivity contribution in [1.29, 1.82) is 0 Å². The van der Waals surface area contributed by atoms with Gasteiger partial charge in [0.25, 0.3) is 0 Å². The first kappa shape index (κ1) is 9.81. The molecule has 2 rings (SSSR count). The fraction of sp³-hybridized carbons (Fsp3) is 0.455. The Balaban J connectivity index is 2.29. The standard InChI is InChI=1S/C11H15ClN2/c1-3-8(2)10-6-13-14-7-9(12)4-5-11(10)14/h4-5,7-8,13H,3,6H2,1-2H3. The van der Waals surface area contributed by atoms with Gasteiger partial charge in [0, 0.05) is 12.7 Å². The highest BCUT2D eigenvalue weighted by Gasteiger charge is 2.23. The molecule has 1 atom stereocenters. The lowest BCUT2D eigenvalue weighted by Crippen LogP contribution is -2.27. The Morgan fingerprint density at radius 2 is 2.36 bits per heavy atom. The van der Waals surface area contributed by atoms with E-state index in [1.807, 2.05) is 17.3 Å². The molecular formula is C11H15ClN2. The molecule has 0 saturated carbocycles. The fourth-order valence-corrected chi connectivity index (χ4v) is 1.96. The van der Waals surface area contributed by atoms with Crippen LogP contribution < -0.4 is 5.43 Å². The van der Waals surface area contributed by atoms with Crippen LogP contribution in [0, 0.1) is 5.92 Å². The third kappa shape index (κ3) is 1.60. The van der Waals surface area contributed by atoms with Gasteiger partial charge in [0.1, 0.15) is 0 Å². The summed E-state index contributed by atoms with van der Waals surface area (Å²) >= 11 is 5.91. The number of halogens is 1. The average Bonchev–Trinajstić information content (AvgIpc) is 2.59. The topological polar surface area (TPSA) is 15.3 Å². The van der Waals surface area contributed by atoms with Gasteiger partial charge in [0.05, 0.1) is 10.7 Å². The average molecular weight is 211 g/mol. The van der Waals surface area contributed by atoms with E-state index in [0.29, 0.717) is 5.92 Å². The molecule has 76 valence electrons. The van der Waals surface area contributed by atoms with Gasteiger partial charge in [-0.25, -0.2) is 5.43 Å². The minimum absolute atomic E-state index is 0.637. The second kappa shape index (κ2) is 3.79. The number of fused-ring (bicyclic) bond motifs is 1. The maximum Gasteiger partial charge on any atom is 0.0584 e. The Kier molecular flexibility index (Phi) is 2.66. The van der Waals surface area contributed by atoms with Crippen molar-refractivity contribution in [2.45, 2.75) is 20.3 Å². The smallest absolute Gasteiger partial charge is 0.0584 e. The van der Waals surface area contributed by atoms with Crippen LogP contribution in [0.15, 0.2) is 34.7 Å². The first-order chi connectivity index (χ1) is 6.72. The summed E-state index contributed by atoms with van der Waals surface area (Å²) in [5.74, 6) is 0.637. The molecule has 0 saturated heterocycles. The van der Waals surface area contributed by atoms with Crippen LogP contribution in [0.1, 0.15) is 20.3 Å². The van der Waals surface area contributed by atoms with E-state index in [1.54, 1.807) is 0 Å². The van der Waals surface area contributed by atoms with Gasteiger partial charge < -0.3 is 0 Å². The Bertz CT molecular complexity index is 328. The summed E-state index contributed by atoms with van der Waals surface area (Å²) < 4.78 is 0. The molecule has 0 aromatic carbocycles. The van der Waals surface area contributed by atoms with E-state index in [0.717, 1.165) is 11.6 Å². The number of rotatable bonds is 2. The van der Waals surface area contributed by atoms with Crippen LogP contribution in [-0.2, 0) is 0 Å². The number of nitrogens with zero attached hydrogens (tertiary/aromatic N) is 1. The van der Waals surface area contributed by atoms with Crippen molar-refractivity contribution in [2.75, 3.05) is 6.54 Å². The zero-order chi connectivity index (χ0) is 10.1. The van der Waals surface area contributed by atoms with E-state index in [9.17, 15) is 0 Å². The van der Waals surface area contributed by atoms with Crippen LogP contribution in [0.3, 0.4) is 0 Å². The maximum absolute atomic E-state index is 5.91. The van der Waals surface area contributed by atoms with Crippen molar-refractivity contribution in [1.82, 2.24) is 10.4 Å². The fourth-order valence-electron chi connectivity index (χ4n) is 1.80. The first-order valence-corrected chi connectivity index (χ1v) is 5.41. The number of allylic oxidation sites excluding steroid dienone is 3. The van der Waals surface area contributed by atoms with E-state index in [2.05, 4.69) is 25.3 Å². The van der Waals surface area contributed by atoms with Gasteiger partial charge in [-0.1, -0.05) is 25.4 Å². The van der Waals surface area contributed by atoms with Gasteiger partial charge in [0.15, 0.2) is 0 Å². The van der Waals surface area contributed by atoms with E-state index in [1.165, 1.54) is 17.7 Å². The van der Waals surface area contributed by atoms with Gasteiger partial charge in [0.2, 0.25) is 0 Å². The number of hydrogen-bond acceptors (Lipinski definition) is 2. The molecule has 0 spiro atoms. The molecule has 1 N–H and O–H groups in total. The molecule has 0 aromatic heterocycles. The second-order valence-corrected chi connectivity index (χ2v) is 4.21. The van der Waals surface area contributed by atoms with E-state index in [4.69, 9.17) is 11.6 Å². The number of hydrazine groups is 1. The SMILES string of the molecule is CCC(C)C1=C2C=CC(Cl)=CN2NC1. The zero-order valence-corrected chi connectivity index (χ0v) is 9.30. The normalized spacial score (nSPS) is 22.5. The molecule has 0 radical (unpaired) electrons. The monoisotopic (exact) mass is 210 g/mol. The summed E-state index contributed by atoms with van der Waals surface area (Å²) in [5, 5.41) is 2.79. The summed E-state index contributed by atoms with van der Waals surface area (Å²) in [5.41, 5.74) is 6.04. The highest BCUT2D eigenvalue weighted by atomic mass is 35.5. The lowest BCUT2D eigenvalue weighted by Gasteiger charge is -2.19. The zero-order valence-electron chi connectivity index (χ0n) is 8.55. The molecule has 3 heteroatoms. The molecule has 2 aliphatic heterocycles. The highest BCUT2D eigenvalue weighted by molar-refractivity contribution is 6.31. The summed E-state index contributed by atoms with van der Waals surface area (Å²) in [6, 6.07) is 0. The molecule has 2 nitrogen and oxygen atoms in total. The molecule has 14 heavy (non-hydrogen) atoms. The van der Waals surface area contributed by atoms with E-state index < -0.39 is 0 Å². The molecule has 0 amide bonds. The van der Waals surface area contributed by atoms with E-state index in [-0.39, 0.29) is 0 Å². The molecule has 0 fully saturated rings. The molecular weight excluding hydrogens is 196 g/mol. The molecule has 1 unspecified atom stereocenters. The number of hydrogen-bond donors (Lipinski definition) is 1. The van der Waals surface area contributed by atoms with Crippen LogP contribution in [-0.4, -0.2) is 11.6 Å². The third-order valence-corrected chi connectivity index (χ3v) is 3.11. The highest BCUT2D eigenvalue weighted by Crippen LogP contribution is 2.29. The quantitative estimate of drug-likeness (QED) is 0.754. The first-order valence-electron chi connectivity index (χ1n) is 5.03. The molecule has 2 heterocycles. The van der Waals surface area contributed by atoms with Crippen LogP contribution in [0.2, 0.25) is 0 Å². The van der Waals surface area contributed by atoms with Gasteiger partial charge in [-0.15, -0.1) is 0 Å². The molecule has 0 aromatic rings. The summed E-state index contributed by atoms with van der Waals surface area (Å²) in [7, 11) is 0. The summed E-state index contributed by atoms with van der Waals surface area (Å²) in [4.78, 5) is 0.